The fourth-order valence-electron chi connectivity index (χ4n) is 2.64. The highest BCUT2D eigenvalue weighted by Crippen LogP contribution is 2.21. The minimum absolute atomic E-state index is 0.0740. The van der Waals surface area contributed by atoms with Gasteiger partial charge in [-0.3, -0.25) is 0 Å². The van der Waals surface area contributed by atoms with Gasteiger partial charge in [0.15, 0.2) is 5.11 Å². The molecule has 24 heavy (non-hydrogen) atoms. The second-order valence-corrected chi connectivity index (χ2v) is 6.28. The summed E-state index contributed by atoms with van der Waals surface area (Å²) in [5.41, 5.74) is 1.16. The summed E-state index contributed by atoms with van der Waals surface area (Å²) in [4.78, 5) is 3.98. The Morgan fingerprint density at radius 2 is 1.71 bits per heavy atom. The average molecular weight is 368 g/mol. The molecule has 0 saturated carbocycles. The third-order valence-electron chi connectivity index (χ3n) is 3.93. The van der Waals surface area contributed by atoms with Crippen LogP contribution in [0.1, 0.15) is 0 Å². The van der Waals surface area contributed by atoms with Crippen molar-refractivity contribution in [3.8, 4) is 0 Å². The van der Waals surface area contributed by atoms with Gasteiger partial charge in [0.1, 0.15) is 11.6 Å². The van der Waals surface area contributed by atoms with E-state index < -0.39 is 5.82 Å². The molecule has 1 saturated heterocycles. The lowest BCUT2D eigenvalue weighted by Gasteiger charge is -2.37. The SMILES string of the molecule is Fc1cc(NC(=S)N2CCN(c3ccccc3F)CC2)ccc1Cl. The molecule has 1 aliphatic rings. The van der Waals surface area contributed by atoms with Gasteiger partial charge in [-0.1, -0.05) is 23.7 Å². The van der Waals surface area contributed by atoms with Crippen molar-refractivity contribution in [1.29, 1.82) is 0 Å². The topological polar surface area (TPSA) is 18.5 Å². The molecule has 1 aliphatic heterocycles. The Kier molecular flexibility index (Phi) is 5.16. The monoisotopic (exact) mass is 367 g/mol. The van der Waals surface area contributed by atoms with E-state index in [0.29, 0.717) is 42.7 Å². The summed E-state index contributed by atoms with van der Waals surface area (Å²) < 4.78 is 27.3. The van der Waals surface area contributed by atoms with E-state index in [9.17, 15) is 8.78 Å². The summed E-state index contributed by atoms with van der Waals surface area (Å²) in [6.07, 6.45) is 0. The molecule has 0 aromatic heterocycles. The second-order valence-electron chi connectivity index (χ2n) is 5.48. The highest BCUT2D eigenvalue weighted by molar-refractivity contribution is 7.80. The summed E-state index contributed by atoms with van der Waals surface area (Å²) in [6, 6.07) is 11.2. The first-order valence-corrected chi connectivity index (χ1v) is 8.33. The summed E-state index contributed by atoms with van der Waals surface area (Å²) in [5.74, 6) is -0.711. The number of halogens is 3. The number of para-hydroxylation sites is 1. The molecular formula is C17H16ClF2N3S. The fourth-order valence-corrected chi connectivity index (χ4v) is 3.05. The van der Waals surface area contributed by atoms with Crippen LogP contribution in [0.15, 0.2) is 42.5 Å². The van der Waals surface area contributed by atoms with Crippen LogP contribution >= 0.6 is 23.8 Å². The van der Waals surface area contributed by atoms with Crippen LogP contribution in [0, 0.1) is 11.6 Å². The van der Waals surface area contributed by atoms with Crippen molar-refractivity contribution >= 4 is 40.3 Å². The second kappa shape index (κ2) is 7.32. The number of rotatable bonds is 2. The molecule has 0 unspecified atom stereocenters. The van der Waals surface area contributed by atoms with Crippen LogP contribution < -0.4 is 10.2 Å². The maximum absolute atomic E-state index is 13.8. The zero-order valence-electron chi connectivity index (χ0n) is 12.8. The van der Waals surface area contributed by atoms with E-state index in [2.05, 4.69) is 5.32 Å². The Hall–Kier alpha value is -1.92. The number of thiocarbonyl (C=S) groups is 1. The largest absolute Gasteiger partial charge is 0.366 e. The molecular weight excluding hydrogens is 352 g/mol. The average Bonchev–Trinajstić information content (AvgIpc) is 2.59. The van der Waals surface area contributed by atoms with Gasteiger partial charge in [0, 0.05) is 31.9 Å². The van der Waals surface area contributed by atoms with Crippen molar-refractivity contribution in [1.82, 2.24) is 4.90 Å². The molecule has 1 N–H and O–H groups in total. The molecule has 0 spiro atoms. The first-order valence-electron chi connectivity index (χ1n) is 7.55. The first-order chi connectivity index (χ1) is 11.5. The summed E-state index contributed by atoms with van der Waals surface area (Å²) in [6.45, 7) is 2.65. The molecule has 2 aromatic carbocycles. The van der Waals surface area contributed by atoms with E-state index in [-0.39, 0.29) is 10.8 Å². The molecule has 2 aromatic rings. The third kappa shape index (κ3) is 3.76. The lowest BCUT2D eigenvalue weighted by Crippen LogP contribution is -2.50. The zero-order chi connectivity index (χ0) is 17.1. The molecule has 0 aliphatic carbocycles. The predicted octanol–water partition coefficient (Wildman–Crippen LogP) is 4.14. The van der Waals surface area contributed by atoms with Crippen LogP contribution in [0.5, 0.6) is 0 Å². The van der Waals surface area contributed by atoms with E-state index in [0.717, 1.165) is 0 Å². The number of hydrogen-bond acceptors (Lipinski definition) is 2. The maximum Gasteiger partial charge on any atom is 0.173 e. The molecule has 0 radical (unpaired) electrons. The Bertz CT molecular complexity index is 748. The van der Waals surface area contributed by atoms with E-state index in [1.54, 1.807) is 18.2 Å². The normalized spacial score (nSPS) is 14.6. The number of benzene rings is 2. The van der Waals surface area contributed by atoms with Gasteiger partial charge in [-0.05, 0) is 42.5 Å². The van der Waals surface area contributed by atoms with E-state index in [4.69, 9.17) is 23.8 Å². The predicted molar refractivity (Wildman–Crippen MR) is 97.8 cm³/mol. The lowest BCUT2D eigenvalue weighted by atomic mass is 10.2. The minimum Gasteiger partial charge on any atom is -0.366 e. The Morgan fingerprint density at radius 3 is 2.38 bits per heavy atom. The highest BCUT2D eigenvalue weighted by Gasteiger charge is 2.21. The molecule has 0 bridgehead atoms. The number of anilines is 2. The Balaban J connectivity index is 1.59. The summed E-state index contributed by atoms with van der Waals surface area (Å²) in [5, 5.41) is 3.60. The number of hydrogen-bond donors (Lipinski definition) is 1. The molecule has 3 rings (SSSR count). The van der Waals surface area contributed by atoms with Gasteiger partial charge in [0.2, 0.25) is 0 Å². The smallest absolute Gasteiger partial charge is 0.173 e. The molecule has 1 fully saturated rings. The molecule has 0 atom stereocenters. The molecule has 3 nitrogen and oxygen atoms in total. The van der Waals surface area contributed by atoms with Crippen molar-refractivity contribution in [3.05, 3.63) is 59.1 Å². The van der Waals surface area contributed by atoms with E-state index in [1.807, 2.05) is 15.9 Å². The van der Waals surface area contributed by atoms with E-state index >= 15 is 0 Å². The van der Waals surface area contributed by atoms with Crippen molar-refractivity contribution in [2.75, 3.05) is 36.4 Å². The number of piperazine rings is 1. The van der Waals surface area contributed by atoms with E-state index in [1.165, 1.54) is 18.2 Å². The summed E-state index contributed by atoms with van der Waals surface area (Å²) in [7, 11) is 0. The van der Waals surface area contributed by atoms with Gasteiger partial charge in [-0.15, -0.1) is 0 Å². The van der Waals surface area contributed by atoms with Gasteiger partial charge in [-0.2, -0.15) is 0 Å². The van der Waals surface area contributed by atoms with Gasteiger partial charge in [0.25, 0.3) is 0 Å². The standard InChI is InChI=1S/C17H16ClF2N3S/c18-13-6-5-12(11-15(13)20)21-17(24)23-9-7-22(8-10-23)16-4-2-1-3-14(16)19/h1-6,11H,7-10H2,(H,21,24). The van der Waals surface area contributed by atoms with Crippen molar-refractivity contribution in [2.24, 2.45) is 0 Å². The maximum atomic E-state index is 13.8. The van der Waals surface area contributed by atoms with Crippen LogP contribution in [0.4, 0.5) is 20.2 Å². The van der Waals surface area contributed by atoms with Gasteiger partial charge in [-0.25, -0.2) is 8.78 Å². The third-order valence-corrected chi connectivity index (χ3v) is 4.60. The Morgan fingerprint density at radius 1 is 1.00 bits per heavy atom. The van der Waals surface area contributed by atoms with Crippen LogP contribution in [0.2, 0.25) is 5.02 Å². The first kappa shape index (κ1) is 16.9. The minimum atomic E-state index is -0.492. The van der Waals surface area contributed by atoms with Crippen LogP contribution in [-0.2, 0) is 0 Å². The van der Waals surface area contributed by atoms with Crippen LogP contribution in [0.3, 0.4) is 0 Å². The molecule has 1 heterocycles. The van der Waals surface area contributed by atoms with Gasteiger partial charge >= 0.3 is 0 Å². The number of nitrogens with zero attached hydrogens (tertiary/aromatic N) is 2. The molecule has 7 heteroatoms. The Labute approximate surface area is 149 Å². The van der Waals surface area contributed by atoms with Crippen LogP contribution in [-0.4, -0.2) is 36.2 Å². The van der Waals surface area contributed by atoms with Crippen molar-refractivity contribution in [3.63, 3.8) is 0 Å². The van der Waals surface area contributed by atoms with Crippen LogP contribution in [0.25, 0.3) is 0 Å². The van der Waals surface area contributed by atoms with Gasteiger partial charge in [0.05, 0.1) is 10.7 Å². The fraction of sp³-hybridized carbons (Fsp3) is 0.235. The quantitative estimate of drug-likeness (QED) is 0.804. The van der Waals surface area contributed by atoms with Gasteiger partial charge < -0.3 is 15.1 Å². The zero-order valence-corrected chi connectivity index (χ0v) is 14.4. The van der Waals surface area contributed by atoms with Crippen molar-refractivity contribution in [2.45, 2.75) is 0 Å². The highest BCUT2D eigenvalue weighted by atomic mass is 35.5. The number of nitrogens with one attached hydrogen (secondary N) is 1. The lowest BCUT2D eigenvalue weighted by molar-refractivity contribution is 0.388. The van der Waals surface area contributed by atoms with Crippen molar-refractivity contribution < 1.29 is 8.78 Å². The summed E-state index contributed by atoms with van der Waals surface area (Å²) >= 11 is 11.1. The molecule has 126 valence electrons. The molecule has 0 amide bonds.